The molecule has 2 nitrogen and oxygen atoms in total. The van der Waals surface area contributed by atoms with Crippen LogP contribution in [0, 0.1) is 11.7 Å². The molecule has 0 aliphatic heterocycles. The Bertz CT molecular complexity index is 619. The predicted octanol–water partition coefficient (Wildman–Crippen LogP) is 4.30. The van der Waals surface area contributed by atoms with Crippen molar-refractivity contribution in [3.63, 3.8) is 0 Å². The van der Waals surface area contributed by atoms with E-state index in [1.165, 1.54) is 16.5 Å². The smallest absolute Gasteiger partial charge is 0.258 e. The molecule has 3 heteroatoms. The maximum atomic E-state index is 13.7. The molecule has 0 bridgehead atoms. The van der Waals surface area contributed by atoms with Crippen LogP contribution in [0.2, 0.25) is 0 Å². The van der Waals surface area contributed by atoms with Gasteiger partial charge in [-0.25, -0.2) is 4.39 Å². The first-order valence-corrected chi connectivity index (χ1v) is 7.10. The van der Waals surface area contributed by atoms with Crippen LogP contribution in [-0.4, -0.2) is 13.0 Å². The summed E-state index contributed by atoms with van der Waals surface area (Å²) in [6.45, 7) is 4.32. The number of carbonyl (C=O) groups excluding carboxylic acids is 1. The molecule has 0 atom stereocenters. The molecule has 0 spiro atoms. The Balaban J connectivity index is 2.18. The molecule has 110 valence electrons. The van der Waals surface area contributed by atoms with E-state index in [1.54, 1.807) is 37.4 Å². The van der Waals surface area contributed by atoms with E-state index in [2.05, 4.69) is 13.8 Å². The van der Waals surface area contributed by atoms with Crippen molar-refractivity contribution in [1.82, 2.24) is 0 Å². The average molecular weight is 285 g/mol. The van der Waals surface area contributed by atoms with E-state index in [-0.39, 0.29) is 11.6 Å². The Labute approximate surface area is 125 Å². The second-order valence-electron chi connectivity index (χ2n) is 5.61. The highest BCUT2D eigenvalue weighted by atomic mass is 19.1. The van der Waals surface area contributed by atoms with E-state index in [0.29, 0.717) is 11.5 Å². The fourth-order valence-corrected chi connectivity index (χ4v) is 2.28. The van der Waals surface area contributed by atoms with Crippen LogP contribution in [0.25, 0.3) is 0 Å². The van der Waals surface area contributed by atoms with Crippen molar-refractivity contribution in [2.45, 2.75) is 20.3 Å². The second-order valence-corrected chi connectivity index (χ2v) is 5.61. The summed E-state index contributed by atoms with van der Waals surface area (Å²) in [4.78, 5) is 13.7. The minimum atomic E-state index is -0.398. The van der Waals surface area contributed by atoms with E-state index in [4.69, 9.17) is 0 Å². The lowest BCUT2D eigenvalue weighted by Crippen LogP contribution is -2.27. The van der Waals surface area contributed by atoms with E-state index in [0.717, 1.165) is 6.42 Å². The molecule has 0 radical (unpaired) electrons. The number of nitrogens with zero attached hydrogens (tertiary/aromatic N) is 1. The van der Waals surface area contributed by atoms with Gasteiger partial charge < -0.3 is 4.90 Å². The Hall–Kier alpha value is -2.16. The SMILES string of the molecule is CC(C)Cc1ccc(C(=O)N(C)c2ccccc2F)cc1. The molecular formula is C18H20FNO. The standard InChI is InChI=1S/C18H20FNO/c1-13(2)12-14-8-10-15(11-9-14)18(21)20(3)17-7-5-4-6-16(17)19/h4-11,13H,12H2,1-3H3. The molecule has 2 rings (SSSR count). The van der Waals surface area contributed by atoms with Gasteiger partial charge in [0.05, 0.1) is 5.69 Å². The lowest BCUT2D eigenvalue weighted by atomic mass is 10.0. The van der Waals surface area contributed by atoms with Gasteiger partial charge in [-0.2, -0.15) is 0 Å². The molecule has 0 aromatic heterocycles. The lowest BCUT2D eigenvalue weighted by molar-refractivity contribution is 0.0992. The first-order valence-electron chi connectivity index (χ1n) is 7.10. The number of rotatable bonds is 4. The number of carbonyl (C=O) groups is 1. The van der Waals surface area contributed by atoms with Crippen molar-refractivity contribution in [1.29, 1.82) is 0 Å². The average Bonchev–Trinajstić information content (AvgIpc) is 2.46. The van der Waals surface area contributed by atoms with E-state index in [1.807, 2.05) is 12.1 Å². The topological polar surface area (TPSA) is 20.3 Å². The van der Waals surface area contributed by atoms with Gasteiger partial charge in [0.1, 0.15) is 5.82 Å². The number of hydrogen-bond donors (Lipinski definition) is 0. The molecule has 0 fully saturated rings. The Morgan fingerprint density at radius 3 is 2.29 bits per heavy atom. The Morgan fingerprint density at radius 1 is 1.10 bits per heavy atom. The van der Waals surface area contributed by atoms with Crippen LogP contribution in [-0.2, 0) is 6.42 Å². The van der Waals surface area contributed by atoms with Crippen molar-refractivity contribution in [3.8, 4) is 0 Å². The number of anilines is 1. The minimum Gasteiger partial charge on any atom is -0.309 e. The maximum Gasteiger partial charge on any atom is 0.258 e. The van der Waals surface area contributed by atoms with Crippen LogP contribution >= 0.6 is 0 Å². The zero-order valence-electron chi connectivity index (χ0n) is 12.6. The van der Waals surface area contributed by atoms with Gasteiger partial charge in [-0.1, -0.05) is 38.1 Å². The van der Waals surface area contributed by atoms with Crippen molar-refractivity contribution in [2.75, 3.05) is 11.9 Å². The number of para-hydroxylation sites is 1. The van der Waals surface area contributed by atoms with Gasteiger partial charge in [0.15, 0.2) is 0 Å². The monoisotopic (exact) mass is 285 g/mol. The van der Waals surface area contributed by atoms with Gasteiger partial charge in [0, 0.05) is 12.6 Å². The fourth-order valence-electron chi connectivity index (χ4n) is 2.28. The zero-order chi connectivity index (χ0) is 15.4. The highest BCUT2D eigenvalue weighted by molar-refractivity contribution is 6.05. The quantitative estimate of drug-likeness (QED) is 0.820. The maximum absolute atomic E-state index is 13.7. The molecule has 0 aliphatic rings. The summed E-state index contributed by atoms with van der Waals surface area (Å²) in [6, 6.07) is 13.8. The third-order valence-corrected chi connectivity index (χ3v) is 3.36. The van der Waals surface area contributed by atoms with Crippen LogP contribution in [0.4, 0.5) is 10.1 Å². The molecule has 2 aromatic carbocycles. The zero-order valence-corrected chi connectivity index (χ0v) is 12.6. The van der Waals surface area contributed by atoms with Crippen LogP contribution in [0.15, 0.2) is 48.5 Å². The van der Waals surface area contributed by atoms with Crippen molar-refractivity contribution in [3.05, 3.63) is 65.5 Å². The minimum absolute atomic E-state index is 0.212. The van der Waals surface area contributed by atoms with E-state index in [9.17, 15) is 9.18 Å². The molecule has 0 aliphatic carbocycles. The Kier molecular flexibility index (Phi) is 4.73. The molecule has 21 heavy (non-hydrogen) atoms. The lowest BCUT2D eigenvalue weighted by Gasteiger charge is -2.18. The Morgan fingerprint density at radius 2 is 1.71 bits per heavy atom. The number of amides is 1. The van der Waals surface area contributed by atoms with Gasteiger partial charge in [-0.3, -0.25) is 4.79 Å². The number of benzene rings is 2. The summed E-state index contributed by atoms with van der Waals surface area (Å²) in [7, 11) is 1.59. The van der Waals surface area contributed by atoms with Crippen molar-refractivity contribution in [2.24, 2.45) is 5.92 Å². The van der Waals surface area contributed by atoms with Crippen molar-refractivity contribution < 1.29 is 9.18 Å². The summed E-state index contributed by atoms with van der Waals surface area (Å²) < 4.78 is 13.7. The van der Waals surface area contributed by atoms with E-state index < -0.39 is 5.82 Å². The predicted molar refractivity (Wildman–Crippen MR) is 84.1 cm³/mol. The first kappa shape index (κ1) is 15.2. The molecule has 0 saturated carbocycles. The van der Waals surface area contributed by atoms with E-state index >= 15 is 0 Å². The van der Waals surface area contributed by atoms with Crippen LogP contribution in [0.5, 0.6) is 0 Å². The van der Waals surface area contributed by atoms with Gasteiger partial charge in [-0.15, -0.1) is 0 Å². The highest BCUT2D eigenvalue weighted by Crippen LogP contribution is 2.20. The summed E-state index contributed by atoms with van der Waals surface area (Å²) in [5.41, 5.74) is 2.05. The summed E-state index contributed by atoms with van der Waals surface area (Å²) in [5.74, 6) is -0.0337. The molecule has 0 unspecified atom stereocenters. The van der Waals surface area contributed by atoms with Gasteiger partial charge in [-0.05, 0) is 42.2 Å². The molecular weight excluding hydrogens is 265 g/mol. The summed E-state index contributed by atoms with van der Waals surface area (Å²) in [6.07, 6.45) is 0.984. The van der Waals surface area contributed by atoms with Gasteiger partial charge >= 0.3 is 0 Å². The molecule has 1 amide bonds. The number of halogens is 1. The molecule has 0 N–H and O–H groups in total. The summed E-state index contributed by atoms with van der Waals surface area (Å²) in [5, 5.41) is 0. The first-order chi connectivity index (χ1) is 9.99. The van der Waals surface area contributed by atoms with Crippen LogP contribution in [0.3, 0.4) is 0 Å². The molecule has 0 saturated heterocycles. The van der Waals surface area contributed by atoms with Crippen LogP contribution < -0.4 is 4.90 Å². The largest absolute Gasteiger partial charge is 0.309 e. The van der Waals surface area contributed by atoms with Gasteiger partial charge in [0.2, 0.25) is 0 Å². The molecule has 0 heterocycles. The summed E-state index contributed by atoms with van der Waals surface area (Å²) >= 11 is 0. The molecule has 2 aromatic rings. The van der Waals surface area contributed by atoms with Crippen LogP contribution in [0.1, 0.15) is 29.8 Å². The fraction of sp³-hybridized carbons (Fsp3) is 0.278. The second kappa shape index (κ2) is 6.53. The van der Waals surface area contributed by atoms with Gasteiger partial charge in [0.25, 0.3) is 5.91 Å². The van der Waals surface area contributed by atoms with Crippen molar-refractivity contribution >= 4 is 11.6 Å². The number of hydrogen-bond acceptors (Lipinski definition) is 1. The normalized spacial score (nSPS) is 10.7. The highest BCUT2D eigenvalue weighted by Gasteiger charge is 2.16. The third-order valence-electron chi connectivity index (χ3n) is 3.36. The third kappa shape index (κ3) is 3.69.